The first kappa shape index (κ1) is 40.3. The van der Waals surface area contributed by atoms with Crippen molar-refractivity contribution in [3.05, 3.63) is 167 Å². The Morgan fingerprint density at radius 3 is 2.14 bits per heavy atom. The molecule has 0 unspecified atom stereocenters. The normalized spacial score (nSPS) is 18.4. The van der Waals surface area contributed by atoms with Crippen molar-refractivity contribution in [1.29, 1.82) is 0 Å². The first-order chi connectivity index (χ1) is 27.2. The van der Waals surface area contributed by atoms with Crippen molar-refractivity contribution in [2.45, 2.75) is 69.6 Å². The van der Waals surface area contributed by atoms with Crippen LogP contribution in [0.25, 0.3) is 11.1 Å². The van der Waals surface area contributed by atoms with Gasteiger partial charge in [0.15, 0.2) is 6.29 Å². The molecule has 0 radical (unpaired) electrons. The number of aliphatic hydroxyl groups is 2. The van der Waals surface area contributed by atoms with Crippen LogP contribution >= 0.6 is 0 Å². The summed E-state index contributed by atoms with van der Waals surface area (Å²) in [5.74, 6) is -0.518. The number of carbonyl (C=O) groups excluding carboxylic acids is 2. The Balaban J connectivity index is 1.15. The molecule has 0 spiro atoms. The largest absolute Gasteiger partial charge is 0.467 e. The fraction of sp³-hybridized carbons (Fsp3) is 0.304. The number of rotatable bonds is 15. The number of esters is 1. The second kappa shape index (κ2) is 19.5. The third kappa shape index (κ3) is 10.5. The first-order valence-electron chi connectivity index (χ1n) is 19.0. The van der Waals surface area contributed by atoms with E-state index >= 15 is 0 Å². The molecule has 0 aromatic heterocycles. The van der Waals surface area contributed by atoms with Gasteiger partial charge < -0.3 is 35.1 Å². The van der Waals surface area contributed by atoms with Crippen LogP contribution in [0.1, 0.15) is 65.2 Å². The van der Waals surface area contributed by atoms with E-state index in [4.69, 9.17) is 14.2 Å². The third-order valence-electron chi connectivity index (χ3n) is 10.4. The van der Waals surface area contributed by atoms with Crippen LogP contribution in [0, 0.1) is 0 Å². The first-order valence-corrected chi connectivity index (χ1v) is 19.0. The monoisotopic (exact) mass is 757 g/mol. The number of benzene rings is 5. The summed E-state index contributed by atoms with van der Waals surface area (Å²) >= 11 is 0. The predicted octanol–water partition coefficient (Wildman–Crippen LogP) is 7.03. The maximum atomic E-state index is 13.0. The van der Waals surface area contributed by atoms with Gasteiger partial charge in [0.1, 0.15) is 6.04 Å². The van der Waals surface area contributed by atoms with Crippen LogP contribution in [0.2, 0.25) is 0 Å². The standard InChI is InChI=1S/C46H51N3O7/c1-31(43(51)36-14-8-5-9-15-36)49(2)29-39-27-42(35-20-18-33(30-50)19-21-35)56-45(55-39)37-24-22-34(23-25-37)40-17-11-10-16-38(40)28-47-46(53)48-41(44(52)54-3)26-32-12-6-4-7-13-32/h4-25,31,39,41-43,45,50-51H,26-30H2,1-3H3,(H2,47,48,53)/t31-,39+,41-,42-,43-,45-/m0/s1. The van der Waals surface area contributed by atoms with Crippen molar-refractivity contribution in [1.82, 2.24) is 15.5 Å². The Kier molecular flexibility index (Phi) is 14.0. The lowest BCUT2D eigenvalue weighted by Gasteiger charge is -2.39. The topological polar surface area (TPSA) is 130 Å². The van der Waals surface area contributed by atoms with E-state index < -0.39 is 30.4 Å². The van der Waals surface area contributed by atoms with Gasteiger partial charge in [-0.1, -0.05) is 133 Å². The average Bonchev–Trinajstić information content (AvgIpc) is 3.25. The van der Waals surface area contributed by atoms with E-state index in [1.807, 2.05) is 147 Å². The summed E-state index contributed by atoms with van der Waals surface area (Å²) in [5.41, 5.74) is 7.27. The number of nitrogens with zero attached hydrogens (tertiary/aromatic N) is 1. The SMILES string of the molecule is COC(=O)[C@H](Cc1ccccc1)NC(=O)NCc1ccccc1-c1ccc([C@H]2O[C@@H](CN(C)[C@@H](C)[C@H](O)c3ccccc3)C[C@@H](c3ccc(CO)cc3)O2)cc1. The zero-order valence-corrected chi connectivity index (χ0v) is 32.1. The highest BCUT2D eigenvalue weighted by Crippen LogP contribution is 2.39. The number of hydrogen-bond acceptors (Lipinski definition) is 8. The lowest BCUT2D eigenvalue weighted by atomic mass is 9.97. The van der Waals surface area contributed by atoms with Crippen LogP contribution in [-0.2, 0) is 38.6 Å². The molecule has 1 aliphatic heterocycles. The molecule has 56 heavy (non-hydrogen) atoms. The molecular weight excluding hydrogens is 707 g/mol. The number of aliphatic hydroxyl groups excluding tert-OH is 2. The second-order valence-electron chi connectivity index (χ2n) is 14.3. The molecule has 1 aliphatic rings. The smallest absolute Gasteiger partial charge is 0.328 e. The van der Waals surface area contributed by atoms with E-state index in [9.17, 15) is 19.8 Å². The lowest BCUT2D eigenvalue weighted by Crippen LogP contribution is -2.47. The Bertz CT molecular complexity index is 1990. The summed E-state index contributed by atoms with van der Waals surface area (Å²) in [7, 11) is 3.31. The quantitative estimate of drug-likeness (QED) is 0.0839. The van der Waals surface area contributed by atoms with Crippen LogP contribution < -0.4 is 10.6 Å². The lowest BCUT2D eigenvalue weighted by molar-refractivity contribution is -0.253. The molecule has 10 heteroatoms. The minimum Gasteiger partial charge on any atom is -0.467 e. The van der Waals surface area contributed by atoms with Gasteiger partial charge in [-0.15, -0.1) is 0 Å². The predicted molar refractivity (Wildman–Crippen MR) is 215 cm³/mol. The summed E-state index contributed by atoms with van der Waals surface area (Å²) in [6, 6.07) is 41.4. The van der Waals surface area contributed by atoms with Crippen LogP contribution in [0.5, 0.6) is 0 Å². The molecule has 2 amide bonds. The molecule has 6 rings (SSSR count). The maximum Gasteiger partial charge on any atom is 0.328 e. The maximum absolute atomic E-state index is 13.0. The Morgan fingerprint density at radius 2 is 1.46 bits per heavy atom. The highest BCUT2D eigenvalue weighted by molar-refractivity contribution is 5.84. The molecule has 1 fully saturated rings. The summed E-state index contributed by atoms with van der Waals surface area (Å²) in [6.45, 7) is 2.80. The minimum absolute atomic E-state index is 0.0318. The summed E-state index contributed by atoms with van der Waals surface area (Å²) in [4.78, 5) is 27.6. The molecule has 10 nitrogen and oxygen atoms in total. The summed E-state index contributed by atoms with van der Waals surface area (Å²) in [6.07, 6.45) is -0.828. The number of nitrogens with one attached hydrogen (secondary N) is 2. The molecule has 292 valence electrons. The molecule has 0 aliphatic carbocycles. The number of methoxy groups -OCH3 is 1. The molecule has 0 bridgehead atoms. The summed E-state index contributed by atoms with van der Waals surface area (Å²) in [5, 5.41) is 26.4. The van der Waals surface area contributed by atoms with Crippen molar-refractivity contribution in [3.8, 4) is 11.1 Å². The van der Waals surface area contributed by atoms with Crippen molar-refractivity contribution >= 4 is 12.0 Å². The number of carbonyl (C=O) groups is 2. The van der Waals surface area contributed by atoms with Crippen molar-refractivity contribution in [2.24, 2.45) is 0 Å². The number of likely N-dealkylation sites (N-methyl/N-ethyl adjacent to an activating group) is 1. The van der Waals surface area contributed by atoms with E-state index in [-0.39, 0.29) is 31.4 Å². The van der Waals surface area contributed by atoms with Crippen LogP contribution in [0.15, 0.2) is 133 Å². The Labute approximate surface area is 329 Å². The number of hydrogen-bond donors (Lipinski definition) is 4. The highest BCUT2D eigenvalue weighted by Gasteiger charge is 2.34. The van der Waals surface area contributed by atoms with E-state index in [1.165, 1.54) is 7.11 Å². The molecule has 1 heterocycles. The Morgan fingerprint density at radius 1 is 0.821 bits per heavy atom. The van der Waals surface area contributed by atoms with E-state index in [2.05, 4.69) is 15.5 Å². The number of urea groups is 1. The van der Waals surface area contributed by atoms with Gasteiger partial charge in [-0.25, -0.2) is 9.59 Å². The van der Waals surface area contributed by atoms with E-state index in [0.29, 0.717) is 19.4 Å². The van der Waals surface area contributed by atoms with E-state index in [0.717, 1.165) is 44.5 Å². The zero-order valence-electron chi connectivity index (χ0n) is 32.1. The van der Waals surface area contributed by atoms with Gasteiger partial charge in [-0.3, -0.25) is 4.90 Å². The van der Waals surface area contributed by atoms with Gasteiger partial charge in [-0.05, 0) is 52.9 Å². The van der Waals surface area contributed by atoms with Crippen LogP contribution in [0.4, 0.5) is 4.79 Å². The third-order valence-corrected chi connectivity index (χ3v) is 10.4. The van der Waals surface area contributed by atoms with Gasteiger partial charge in [0.2, 0.25) is 0 Å². The van der Waals surface area contributed by atoms with Gasteiger partial charge in [0, 0.05) is 37.5 Å². The van der Waals surface area contributed by atoms with Crippen molar-refractivity contribution in [3.63, 3.8) is 0 Å². The van der Waals surface area contributed by atoms with Gasteiger partial charge >= 0.3 is 12.0 Å². The van der Waals surface area contributed by atoms with Gasteiger partial charge in [-0.2, -0.15) is 0 Å². The average molecular weight is 758 g/mol. The van der Waals surface area contributed by atoms with Crippen LogP contribution in [0.3, 0.4) is 0 Å². The van der Waals surface area contributed by atoms with Crippen molar-refractivity contribution < 1.29 is 34.0 Å². The van der Waals surface area contributed by atoms with E-state index in [1.54, 1.807) is 0 Å². The fourth-order valence-corrected chi connectivity index (χ4v) is 7.04. The highest BCUT2D eigenvalue weighted by atomic mass is 16.7. The molecule has 0 saturated carbocycles. The van der Waals surface area contributed by atoms with Crippen molar-refractivity contribution in [2.75, 3.05) is 20.7 Å². The molecule has 5 aromatic rings. The van der Waals surface area contributed by atoms with Gasteiger partial charge in [0.25, 0.3) is 0 Å². The number of amides is 2. The number of ether oxygens (including phenoxy) is 3. The Hall–Kier alpha value is -5.36. The molecular formula is C46H51N3O7. The zero-order chi connectivity index (χ0) is 39.4. The second-order valence-corrected chi connectivity index (χ2v) is 14.3. The fourth-order valence-electron chi connectivity index (χ4n) is 7.04. The van der Waals surface area contributed by atoms with Crippen LogP contribution in [-0.4, -0.2) is 66.0 Å². The molecule has 6 atom stereocenters. The minimum atomic E-state index is -0.835. The molecule has 5 aromatic carbocycles. The van der Waals surface area contributed by atoms with Gasteiger partial charge in [0.05, 0.1) is 32.0 Å². The summed E-state index contributed by atoms with van der Waals surface area (Å²) < 4.78 is 18.2. The molecule has 1 saturated heterocycles. The molecule has 4 N–H and O–H groups in total.